The summed E-state index contributed by atoms with van der Waals surface area (Å²) in [6.07, 6.45) is -5.36. The molecule has 9 heteroatoms. The molecule has 2 atom stereocenters. The lowest BCUT2D eigenvalue weighted by Gasteiger charge is -2.31. The molecule has 1 aliphatic heterocycles. The average molecular weight is 258 g/mol. The summed E-state index contributed by atoms with van der Waals surface area (Å²) in [7, 11) is 0. The largest absolute Gasteiger partial charge is 0.398 e. The van der Waals surface area contributed by atoms with E-state index in [4.69, 9.17) is 0 Å². The van der Waals surface area contributed by atoms with Gasteiger partial charge in [-0.2, -0.15) is 22.0 Å². The van der Waals surface area contributed by atoms with Gasteiger partial charge in [0.25, 0.3) is 5.67 Å². The van der Waals surface area contributed by atoms with Crippen molar-refractivity contribution < 1.29 is 39.9 Å². The molecule has 0 spiro atoms. The van der Waals surface area contributed by atoms with Crippen molar-refractivity contribution in [2.24, 2.45) is 0 Å². The van der Waals surface area contributed by atoms with Crippen LogP contribution in [0.25, 0.3) is 0 Å². The highest BCUT2D eigenvalue weighted by atomic mass is 19.3. The predicted molar refractivity (Wildman–Crippen MR) is 35.0 cm³/mol. The zero-order valence-electron chi connectivity index (χ0n) is 7.93. The van der Waals surface area contributed by atoms with Crippen LogP contribution in [0, 0.1) is 0 Å². The molecule has 16 heavy (non-hydrogen) atoms. The van der Waals surface area contributed by atoms with Gasteiger partial charge >= 0.3 is 23.8 Å². The summed E-state index contributed by atoms with van der Waals surface area (Å²) in [6.45, 7) is -0.807. The van der Waals surface area contributed by atoms with Crippen molar-refractivity contribution in [2.45, 2.75) is 43.3 Å². The zero-order valence-corrected chi connectivity index (χ0v) is 7.93. The van der Waals surface area contributed by atoms with Crippen LogP contribution in [0.2, 0.25) is 0 Å². The minimum atomic E-state index is -5.69. The minimum Gasteiger partial charge on any atom is -0.269 e. The third-order valence-corrected chi connectivity index (χ3v) is 2.37. The molecule has 2 unspecified atom stereocenters. The molecular weight excluding hydrogens is 252 g/mol. The molecule has 1 nitrogen and oxygen atoms in total. The number of hydrogen-bond acceptors (Lipinski definition) is 1. The highest BCUT2D eigenvalue weighted by Gasteiger charge is 2.90. The van der Waals surface area contributed by atoms with Gasteiger partial charge in [0.1, 0.15) is 0 Å². The van der Waals surface area contributed by atoms with Gasteiger partial charge in [-0.1, -0.05) is 0 Å². The number of ether oxygens (including phenoxy) is 1. The van der Waals surface area contributed by atoms with Crippen molar-refractivity contribution in [3.8, 4) is 0 Å². The number of halogens is 8. The van der Waals surface area contributed by atoms with Gasteiger partial charge in [-0.15, -0.1) is 0 Å². The van der Waals surface area contributed by atoms with Gasteiger partial charge in [-0.05, 0) is 6.92 Å². The monoisotopic (exact) mass is 258 g/mol. The first-order chi connectivity index (χ1) is 6.71. The van der Waals surface area contributed by atoms with E-state index in [0.717, 1.165) is 0 Å². The van der Waals surface area contributed by atoms with Crippen molar-refractivity contribution in [1.29, 1.82) is 0 Å². The van der Waals surface area contributed by atoms with Crippen molar-refractivity contribution >= 4 is 0 Å². The molecule has 0 aromatic rings. The Morgan fingerprint density at radius 1 is 0.938 bits per heavy atom. The molecule has 1 rings (SSSR count). The van der Waals surface area contributed by atoms with E-state index in [0.29, 0.717) is 0 Å². The Morgan fingerprint density at radius 2 is 1.31 bits per heavy atom. The standard InChI is InChI=1S/C7H6F8O/c1-3(8)5(11,12)6(13,4(2,9)10)16-7(3,14)15/h1-2H3. The van der Waals surface area contributed by atoms with Crippen LogP contribution in [-0.2, 0) is 4.74 Å². The quantitative estimate of drug-likeness (QED) is 0.656. The Bertz CT molecular complexity index is 306. The van der Waals surface area contributed by atoms with Crippen LogP contribution in [0.1, 0.15) is 13.8 Å². The van der Waals surface area contributed by atoms with Crippen molar-refractivity contribution in [2.75, 3.05) is 0 Å². The van der Waals surface area contributed by atoms with Crippen LogP contribution in [0.3, 0.4) is 0 Å². The second-order valence-electron chi connectivity index (χ2n) is 3.68. The second kappa shape index (κ2) is 2.80. The van der Waals surface area contributed by atoms with Crippen LogP contribution in [0.5, 0.6) is 0 Å². The van der Waals surface area contributed by atoms with Crippen LogP contribution in [0.15, 0.2) is 0 Å². The second-order valence-corrected chi connectivity index (χ2v) is 3.68. The Morgan fingerprint density at radius 3 is 1.44 bits per heavy atom. The fraction of sp³-hybridized carbons (Fsp3) is 1.00. The van der Waals surface area contributed by atoms with Crippen molar-refractivity contribution in [1.82, 2.24) is 0 Å². The molecule has 0 N–H and O–H groups in total. The van der Waals surface area contributed by atoms with E-state index < -0.39 is 43.3 Å². The fourth-order valence-corrected chi connectivity index (χ4v) is 1.19. The van der Waals surface area contributed by atoms with E-state index in [1.165, 1.54) is 0 Å². The van der Waals surface area contributed by atoms with Crippen molar-refractivity contribution in [3.63, 3.8) is 0 Å². The molecule has 96 valence electrons. The molecule has 0 saturated carbocycles. The van der Waals surface area contributed by atoms with Crippen LogP contribution >= 0.6 is 0 Å². The van der Waals surface area contributed by atoms with E-state index in [9.17, 15) is 35.1 Å². The summed E-state index contributed by atoms with van der Waals surface area (Å²) in [5, 5.41) is 0. The lowest BCUT2D eigenvalue weighted by Crippen LogP contribution is -2.59. The third-order valence-electron chi connectivity index (χ3n) is 2.37. The van der Waals surface area contributed by atoms with Gasteiger partial charge in [0, 0.05) is 6.92 Å². The van der Waals surface area contributed by atoms with E-state index in [-0.39, 0.29) is 0 Å². The number of hydrogen-bond donors (Lipinski definition) is 0. The molecule has 1 heterocycles. The lowest BCUT2D eigenvalue weighted by molar-refractivity contribution is -0.370. The van der Waals surface area contributed by atoms with Gasteiger partial charge in [0.05, 0.1) is 0 Å². The van der Waals surface area contributed by atoms with Crippen LogP contribution < -0.4 is 0 Å². The number of rotatable bonds is 1. The lowest BCUT2D eigenvalue weighted by atomic mass is 9.93. The maximum Gasteiger partial charge on any atom is 0.398 e. The highest BCUT2D eigenvalue weighted by Crippen LogP contribution is 2.63. The van der Waals surface area contributed by atoms with Gasteiger partial charge in [0.2, 0.25) is 0 Å². The van der Waals surface area contributed by atoms with Gasteiger partial charge in [-0.25, -0.2) is 13.2 Å². The Labute approximate surface area is 84.4 Å². The third kappa shape index (κ3) is 1.20. The van der Waals surface area contributed by atoms with Gasteiger partial charge in [-0.3, -0.25) is 4.74 Å². The summed E-state index contributed by atoms with van der Waals surface area (Å²) in [5.74, 6) is -16.1. The number of alkyl halides is 8. The summed E-state index contributed by atoms with van der Waals surface area (Å²) < 4.78 is 105. The normalized spacial score (nSPS) is 42.4. The van der Waals surface area contributed by atoms with Gasteiger partial charge < -0.3 is 0 Å². The summed E-state index contributed by atoms with van der Waals surface area (Å²) >= 11 is 0. The zero-order chi connectivity index (χ0) is 13.2. The molecule has 0 aromatic carbocycles. The van der Waals surface area contributed by atoms with E-state index in [1.54, 1.807) is 0 Å². The Hall–Kier alpha value is -0.600. The molecule has 1 saturated heterocycles. The highest BCUT2D eigenvalue weighted by molar-refractivity contribution is 5.14. The average Bonchev–Trinajstić information content (AvgIpc) is 2.07. The van der Waals surface area contributed by atoms with Crippen LogP contribution in [-0.4, -0.2) is 29.5 Å². The molecular formula is C7H6F8O. The maximum atomic E-state index is 13.1. The van der Waals surface area contributed by atoms with E-state index in [2.05, 4.69) is 4.74 Å². The smallest absolute Gasteiger partial charge is 0.269 e. The predicted octanol–water partition coefficient (Wildman–Crippen LogP) is 3.29. The molecule has 0 radical (unpaired) electrons. The Balaban J connectivity index is 3.41. The fourth-order valence-electron chi connectivity index (χ4n) is 1.19. The molecule has 0 aliphatic carbocycles. The molecule has 0 aromatic heterocycles. The first-order valence-corrected chi connectivity index (χ1v) is 3.92. The summed E-state index contributed by atoms with van der Waals surface area (Å²) in [6, 6.07) is 0. The minimum absolute atomic E-state index is 0.403. The molecule has 0 amide bonds. The maximum absolute atomic E-state index is 13.1. The first kappa shape index (κ1) is 13.5. The first-order valence-electron chi connectivity index (χ1n) is 3.92. The Kier molecular flexibility index (Phi) is 2.35. The SMILES string of the molecule is CC(F)(F)C1(F)OC(F)(F)C(C)(F)C1(F)F. The van der Waals surface area contributed by atoms with Crippen molar-refractivity contribution in [3.05, 3.63) is 0 Å². The molecule has 1 aliphatic rings. The van der Waals surface area contributed by atoms with E-state index >= 15 is 0 Å². The van der Waals surface area contributed by atoms with E-state index in [1.807, 2.05) is 0 Å². The summed E-state index contributed by atoms with van der Waals surface area (Å²) in [4.78, 5) is 0. The van der Waals surface area contributed by atoms with Gasteiger partial charge in [0.15, 0.2) is 0 Å². The molecule has 0 bridgehead atoms. The molecule has 1 fully saturated rings. The summed E-state index contributed by atoms with van der Waals surface area (Å²) in [5.41, 5.74) is -4.87. The topological polar surface area (TPSA) is 9.23 Å². The van der Waals surface area contributed by atoms with Crippen LogP contribution in [0.4, 0.5) is 35.1 Å².